The van der Waals surface area contributed by atoms with E-state index in [0.717, 1.165) is 28.2 Å². The third kappa shape index (κ3) is 3.40. The lowest BCUT2D eigenvalue weighted by molar-refractivity contribution is 0.0872. The number of ketones is 1. The highest BCUT2D eigenvalue weighted by Gasteiger charge is 2.35. The average Bonchev–Trinajstić information content (AvgIpc) is 3.28. The van der Waals surface area contributed by atoms with E-state index in [4.69, 9.17) is 25.5 Å². The van der Waals surface area contributed by atoms with Gasteiger partial charge in [-0.25, -0.2) is 0 Å². The standard InChI is InChI=1S/C24H20ClNO4/c1-14-9-20-19(12-26(13-28-20)11-16-4-6-17(25)7-5-16)24-22(14)23(27)21(30-24)10-18-8-3-15(2)29-18/h3-10H,11-13H2,1-2H3/b21-10-. The second-order valence-corrected chi connectivity index (χ2v) is 8.09. The molecule has 0 unspecified atom stereocenters. The van der Waals surface area contributed by atoms with Gasteiger partial charge in [-0.3, -0.25) is 9.69 Å². The molecule has 2 aromatic carbocycles. The Hall–Kier alpha value is -3.02. The average molecular weight is 422 g/mol. The molecule has 0 radical (unpaired) electrons. The van der Waals surface area contributed by atoms with Crippen LogP contribution in [-0.2, 0) is 13.1 Å². The summed E-state index contributed by atoms with van der Waals surface area (Å²) >= 11 is 5.99. The van der Waals surface area contributed by atoms with Crippen molar-refractivity contribution < 1.29 is 18.7 Å². The summed E-state index contributed by atoms with van der Waals surface area (Å²) in [6, 6.07) is 13.4. The smallest absolute Gasteiger partial charge is 0.232 e. The van der Waals surface area contributed by atoms with Crippen LogP contribution < -0.4 is 9.47 Å². The Morgan fingerprint density at radius 3 is 2.67 bits per heavy atom. The minimum atomic E-state index is -0.130. The number of benzene rings is 2. The molecule has 0 atom stereocenters. The van der Waals surface area contributed by atoms with Crippen LogP contribution in [0.4, 0.5) is 0 Å². The van der Waals surface area contributed by atoms with Crippen molar-refractivity contribution in [2.24, 2.45) is 0 Å². The van der Waals surface area contributed by atoms with Crippen molar-refractivity contribution >= 4 is 23.5 Å². The highest BCUT2D eigenvalue weighted by molar-refractivity contribution is 6.30. The van der Waals surface area contributed by atoms with Crippen molar-refractivity contribution in [1.82, 2.24) is 4.90 Å². The molecular weight excluding hydrogens is 402 g/mol. The van der Waals surface area contributed by atoms with E-state index in [0.29, 0.717) is 41.9 Å². The predicted molar refractivity (Wildman–Crippen MR) is 114 cm³/mol. The zero-order valence-electron chi connectivity index (χ0n) is 16.7. The molecule has 0 N–H and O–H groups in total. The molecule has 2 aliphatic rings. The van der Waals surface area contributed by atoms with Crippen molar-refractivity contribution in [2.45, 2.75) is 26.9 Å². The maximum absolute atomic E-state index is 13.0. The number of aryl methyl sites for hydroxylation is 2. The molecule has 1 aromatic heterocycles. The molecule has 5 rings (SSSR count). The summed E-state index contributed by atoms with van der Waals surface area (Å²) in [4.78, 5) is 15.2. The number of carbonyl (C=O) groups is 1. The third-order valence-corrected chi connectivity index (χ3v) is 5.59. The SMILES string of the molecule is Cc1ccc(/C=C2\Oc3c4c(cc(C)c3C2=O)OCN(Cc2ccc(Cl)cc2)C4)o1. The molecule has 2 aliphatic heterocycles. The van der Waals surface area contributed by atoms with E-state index in [1.165, 1.54) is 0 Å². The number of carbonyl (C=O) groups excluding carboxylic acids is 1. The van der Waals surface area contributed by atoms with Crippen LogP contribution in [-0.4, -0.2) is 17.4 Å². The molecular formula is C24H20ClNO4. The monoisotopic (exact) mass is 421 g/mol. The van der Waals surface area contributed by atoms with Crippen LogP contribution in [0.3, 0.4) is 0 Å². The van der Waals surface area contributed by atoms with Gasteiger partial charge in [-0.15, -0.1) is 0 Å². The summed E-state index contributed by atoms with van der Waals surface area (Å²) in [6.45, 7) is 5.57. The van der Waals surface area contributed by atoms with Crippen LogP contribution in [0, 0.1) is 13.8 Å². The van der Waals surface area contributed by atoms with Crippen LogP contribution in [0.1, 0.15) is 38.6 Å². The number of rotatable bonds is 3. The zero-order chi connectivity index (χ0) is 20.8. The van der Waals surface area contributed by atoms with E-state index in [1.54, 1.807) is 6.08 Å². The van der Waals surface area contributed by atoms with E-state index >= 15 is 0 Å². The lowest BCUT2D eigenvalue weighted by Crippen LogP contribution is -2.31. The van der Waals surface area contributed by atoms with Crippen LogP contribution >= 0.6 is 11.6 Å². The highest BCUT2D eigenvalue weighted by atomic mass is 35.5. The molecule has 152 valence electrons. The van der Waals surface area contributed by atoms with Gasteiger partial charge in [0.05, 0.1) is 11.1 Å². The van der Waals surface area contributed by atoms with Crippen LogP contribution in [0.15, 0.2) is 52.6 Å². The minimum absolute atomic E-state index is 0.130. The topological polar surface area (TPSA) is 51.9 Å². The molecule has 3 aromatic rings. The van der Waals surface area contributed by atoms with Crippen LogP contribution in [0.2, 0.25) is 5.02 Å². The van der Waals surface area contributed by atoms with Crippen molar-refractivity contribution in [3.63, 3.8) is 0 Å². The Labute approximate surface area is 179 Å². The van der Waals surface area contributed by atoms with Gasteiger partial charge in [0.1, 0.15) is 29.8 Å². The van der Waals surface area contributed by atoms with Gasteiger partial charge in [-0.05, 0) is 55.3 Å². The summed E-state index contributed by atoms with van der Waals surface area (Å²) in [5.74, 6) is 2.87. The first-order valence-electron chi connectivity index (χ1n) is 9.74. The Morgan fingerprint density at radius 2 is 1.93 bits per heavy atom. The van der Waals surface area contributed by atoms with Crippen LogP contribution in [0.5, 0.6) is 11.5 Å². The fourth-order valence-electron chi connectivity index (χ4n) is 3.89. The quantitative estimate of drug-likeness (QED) is 0.521. The number of allylic oxidation sites excluding steroid dienone is 1. The van der Waals surface area contributed by atoms with Gasteiger partial charge in [0.15, 0.2) is 5.76 Å². The molecule has 3 heterocycles. The van der Waals surface area contributed by atoms with Gasteiger partial charge in [-0.2, -0.15) is 0 Å². The van der Waals surface area contributed by atoms with Crippen molar-refractivity contribution in [1.29, 1.82) is 0 Å². The Morgan fingerprint density at radius 1 is 1.13 bits per heavy atom. The molecule has 0 saturated carbocycles. The zero-order valence-corrected chi connectivity index (χ0v) is 17.5. The van der Waals surface area contributed by atoms with E-state index in [9.17, 15) is 4.79 Å². The third-order valence-electron chi connectivity index (χ3n) is 5.34. The molecule has 0 fully saturated rings. The maximum Gasteiger partial charge on any atom is 0.232 e. The van der Waals surface area contributed by atoms with E-state index in [1.807, 2.05) is 56.3 Å². The first-order valence-corrected chi connectivity index (χ1v) is 10.1. The number of hydrogen-bond donors (Lipinski definition) is 0. The number of hydrogen-bond acceptors (Lipinski definition) is 5. The predicted octanol–water partition coefficient (Wildman–Crippen LogP) is 5.52. The summed E-state index contributed by atoms with van der Waals surface area (Å²) < 4.78 is 17.6. The fourth-order valence-corrected chi connectivity index (χ4v) is 4.01. The molecule has 30 heavy (non-hydrogen) atoms. The highest BCUT2D eigenvalue weighted by Crippen LogP contribution is 2.44. The lowest BCUT2D eigenvalue weighted by atomic mass is 9.98. The van der Waals surface area contributed by atoms with Crippen LogP contribution in [0.25, 0.3) is 6.08 Å². The summed E-state index contributed by atoms with van der Waals surface area (Å²) in [5.41, 5.74) is 3.48. The molecule has 0 spiro atoms. The Bertz CT molecular complexity index is 1180. The van der Waals surface area contributed by atoms with Crippen molar-refractivity contribution in [2.75, 3.05) is 6.73 Å². The lowest BCUT2D eigenvalue weighted by Gasteiger charge is -2.30. The molecule has 0 amide bonds. The Kier molecular flexibility index (Phi) is 4.65. The number of nitrogens with zero attached hydrogens (tertiary/aromatic N) is 1. The van der Waals surface area contributed by atoms with Gasteiger partial charge in [0.2, 0.25) is 5.78 Å². The molecule has 0 aliphatic carbocycles. The van der Waals surface area contributed by atoms with Gasteiger partial charge in [-0.1, -0.05) is 23.7 Å². The van der Waals surface area contributed by atoms with Crippen molar-refractivity contribution in [3.8, 4) is 11.5 Å². The number of ether oxygens (including phenoxy) is 2. The molecule has 5 nitrogen and oxygen atoms in total. The van der Waals surface area contributed by atoms with Gasteiger partial charge in [0.25, 0.3) is 0 Å². The largest absolute Gasteiger partial charge is 0.478 e. The second kappa shape index (κ2) is 7.35. The molecule has 6 heteroatoms. The van der Waals surface area contributed by atoms with Gasteiger partial charge >= 0.3 is 0 Å². The summed E-state index contributed by atoms with van der Waals surface area (Å²) in [6.07, 6.45) is 1.65. The van der Waals surface area contributed by atoms with E-state index in [-0.39, 0.29) is 11.5 Å². The van der Waals surface area contributed by atoms with Gasteiger partial charge < -0.3 is 13.9 Å². The van der Waals surface area contributed by atoms with E-state index < -0.39 is 0 Å². The second-order valence-electron chi connectivity index (χ2n) is 7.65. The number of Topliss-reactive ketones (excluding diaryl/α,β-unsaturated/α-hetero) is 1. The normalized spacial score (nSPS) is 16.9. The first-order chi connectivity index (χ1) is 14.5. The molecule has 0 saturated heterocycles. The minimum Gasteiger partial charge on any atom is -0.478 e. The fraction of sp³-hybridized carbons (Fsp3) is 0.208. The molecule has 0 bridgehead atoms. The van der Waals surface area contributed by atoms with Crippen molar-refractivity contribution in [3.05, 3.63) is 87.0 Å². The summed E-state index contributed by atoms with van der Waals surface area (Å²) in [7, 11) is 0. The first kappa shape index (κ1) is 19.0. The van der Waals surface area contributed by atoms with E-state index in [2.05, 4.69) is 4.90 Å². The maximum atomic E-state index is 13.0. The Balaban J connectivity index is 1.45. The number of fused-ring (bicyclic) bond motifs is 3. The number of halogens is 1. The summed E-state index contributed by atoms with van der Waals surface area (Å²) in [5, 5.41) is 0.713. The van der Waals surface area contributed by atoms with Gasteiger partial charge in [0, 0.05) is 24.2 Å². The number of furan rings is 1.